The minimum absolute atomic E-state index is 0.106. The van der Waals surface area contributed by atoms with Crippen molar-refractivity contribution >= 4 is 11.6 Å². The van der Waals surface area contributed by atoms with Crippen molar-refractivity contribution in [1.82, 2.24) is 19.5 Å². The number of methoxy groups -OCH3 is 1. The van der Waals surface area contributed by atoms with Crippen LogP contribution in [0.5, 0.6) is 5.75 Å². The summed E-state index contributed by atoms with van der Waals surface area (Å²) in [5.74, 6) is 0.482. The number of amides is 1. The number of nitrogens with zero attached hydrogens (tertiary/aromatic N) is 4. The van der Waals surface area contributed by atoms with E-state index in [4.69, 9.17) is 4.74 Å². The first kappa shape index (κ1) is 21.1. The van der Waals surface area contributed by atoms with Crippen LogP contribution in [0.25, 0.3) is 16.9 Å². The molecule has 1 unspecified atom stereocenters. The van der Waals surface area contributed by atoms with E-state index in [0.29, 0.717) is 17.8 Å². The van der Waals surface area contributed by atoms with Gasteiger partial charge in [-0.05, 0) is 36.6 Å². The van der Waals surface area contributed by atoms with Gasteiger partial charge >= 0.3 is 0 Å². The van der Waals surface area contributed by atoms with Crippen LogP contribution in [-0.4, -0.2) is 39.1 Å². The Morgan fingerprint density at radius 2 is 1.88 bits per heavy atom. The zero-order valence-electron chi connectivity index (χ0n) is 18.0. The summed E-state index contributed by atoms with van der Waals surface area (Å²) in [5.41, 5.74) is 2.13. The number of fused-ring (bicyclic) bond motifs is 1. The van der Waals surface area contributed by atoms with Gasteiger partial charge < -0.3 is 9.64 Å². The molecule has 3 heterocycles. The van der Waals surface area contributed by atoms with Crippen molar-refractivity contribution in [3.8, 4) is 17.0 Å². The largest absolute Gasteiger partial charge is 0.497 e. The fourth-order valence-corrected chi connectivity index (χ4v) is 4.39. The van der Waals surface area contributed by atoms with Crippen molar-refractivity contribution in [2.24, 2.45) is 0 Å². The molecule has 5 rings (SSSR count). The predicted octanol–water partition coefficient (Wildman–Crippen LogP) is 5.32. The number of carbonyl (C=O) groups excluding carboxylic acids is 1. The second kappa shape index (κ2) is 8.61. The van der Waals surface area contributed by atoms with E-state index < -0.39 is 6.43 Å². The summed E-state index contributed by atoms with van der Waals surface area (Å²) in [6, 6.07) is 17.9. The summed E-state index contributed by atoms with van der Waals surface area (Å²) in [6.45, 7) is 0.576. The fraction of sp³-hybridized carbons (Fsp3) is 0.240. The molecule has 0 spiro atoms. The van der Waals surface area contributed by atoms with Crippen LogP contribution in [0.2, 0.25) is 0 Å². The highest BCUT2D eigenvalue weighted by molar-refractivity contribution is 6.00. The number of hydrogen-bond donors (Lipinski definition) is 0. The number of benzene rings is 2. The third-order valence-electron chi connectivity index (χ3n) is 6.04. The lowest BCUT2D eigenvalue weighted by molar-refractivity contribution is 0.0737. The fourth-order valence-electron chi connectivity index (χ4n) is 4.39. The highest BCUT2D eigenvalue weighted by Gasteiger charge is 2.33. The normalized spacial score (nSPS) is 16.0. The van der Waals surface area contributed by atoms with Crippen molar-refractivity contribution in [2.45, 2.75) is 25.3 Å². The van der Waals surface area contributed by atoms with Crippen LogP contribution >= 0.6 is 0 Å². The van der Waals surface area contributed by atoms with E-state index >= 15 is 0 Å². The zero-order valence-corrected chi connectivity index (χ0v) is 18.0. The van der Waals surface area contributed by atoms with Gasteiger partial charge in [-0.15, -0.1) is 0 Å². The Kier molecular flexibility index (Phi) is 5.50. The molecule has 1 fully saturated rings. The van der Waals surface area contributed by atoms with Gasteiger partial charge in [0.2, 0.25) is 0 Å². The van der Waals surface area contributed by atoms with Crippen molar-refractivity contribution in [1.29, 1.82) is 0 Å². The van der Waals surface area contributed by atoms with Gasteiger partial charge in [0.05, 0.1) is 25.0 Å². The quantitative estimate of drug-likeness (QED) is 0.415. The van der Waals surface area contributed by atoms with Gasteiger partial charge in [-0.2, -0.15) is 5.10 Å². The van der Waals surface area contributed by atoms with Crippen LogP contribution in [0, 0.1) is 0 Å². The minimum Gasteiger partial charge on any atom is -0.497 e. The molecule has 4 aromatic rings. The lowest BCUT2D eigenvalue weighted by Gasteiger charge is -2.25. The third kappa shape index (κ3) is 3.82. The standard InChI is InChI=1S/C25H22F2N4O2/c1-33-18-11-9-17(10-12-18)21-8-5-13-30(21)25(32)19-15-28-31-22(23(26)27)14-20(29-24(19)31)16-6-3-2-4-7-16/h2-4,6-7,9-12,14-15,21,23H,5,8,13H2,1H3. The van der Waals surface area contributed by atoms with Crippen LogP contribution in [-0.2, 0) is 0 Å². The number of alkyl halides is 2. The summed E-state index contributed by atoms with van der Waals surface area (Å²) >= 11 is 0. The predicted molar refractivity (Wildman–Crippen MR) is 119 cm³/mol. The Hall–Kier alpha value is -3.81. The first-order chi connectivity index (χ1) is 16.1. The molecule has 1 amide bonds. The van der Waals surface area contributed by atoms with Gasteiger partial charge in [-0.1, -0.05) is 42.5 Å². The van der Waals surface area contributed by atoms with E-state index in [9.17, 15) is 13.6 Å². The minimum atomic E-state index is -2.76. The zero-order chi connectivity index (χ0) is 22.9. The van der Waals surface area contributed by atoms with Gasteiger partial charge in [-0.25, -0.2) is 18.3 Å². The molecule has 0 aliphatic carbocycles. The second-order valence-electron chi connectivity index (χ2n) is 7.96. The number of carbonyl (C=O) groups is 1. The van der Waals surface area contributed by atoms with E-state index in [-0.39, 0.29) is 28.9 Å². The Bertz CT molecular complexity index is 1290. The van der Waals surface area contributed by atoms with Gasteiger partial charge in [0.1, 0.15) is 17.0 Å². The molecule has 6 nitrogen and oxygen atoms in total. The van der Waals surface area contributed by atoms with Crippen molar-refractivity contribution in [2.75, 3.05) is 13.7 Å². The lowest BCUT2D eigenvalue weighted by atomic mass is 10.0. The Morgan fingerprint density at radius 1 is 1.12 bits per heavy atom. The van der Waals surface area contributed by atoms with E-state index in [2.05, 4.69) is 10.1 Å². The number of ether oxygens (including phenoxy) is 1. The molecular weight excluding hydrogens is 426 g/mol. The average molecular weight is 448 g/mol. The molecule has 0 radical (unpaired) electrons. The van der Waals surface area contributed by atoms with Crippen LogP contribution in [0.3, 0.4) is 0 Å². The summed E-state index contributed by atoms with van der Waals surface area (Å²) in [7, 11) is 1.61. The molecule has 0 bridgehead atoms. The molecule has 0 N–H and O–H groups in total. The molecule has 0 saturated carbocycles. The Morgan fingerprint density at radius 3 is 2.58 bits per heavy atom. The van der Waals surface area contributed by atoms with E-state index in [1.54, 1.807) is 24.1 Å². The van der Waals surface area contributed by atoms with Crippen LogP contribution in [0.1, 0.15) is 46.9 Å². The third-order valence-corrected chi connectivity index (χ3v) is 6.04. The van der Waals surface area contributed by atoms with Gasteiger partial charge in [0.15, 0.2) is 5.65 Å². The summed E-state index contributed by atoms with van der Waals surface area (Å²) in [4.78, 5) is 19.9. The summed E-state index contributed by atoms with van der Waals surface area (Å²) in [6.07, 6.45) is 0.253. The molecule has 1 aliphatic rings. The highest BCUT2D eigenvalue weighted by atomic mass is 19.3. The van der Waals surface area contributed by atoms with Gasteiger partial charge in [0, 0.05) is 12.1 Å². The SMILES string of the molecule is COc1ccc(C2CCCN2C(=O)c2cnn3c(C(F)F)cc(-c4ccccc4)nc23)cc1. The topological polar surface area (TPSA) is 59.7 Å². The number of hydrogen-bond acceptors (Lipinski definition) is 4. The van der Waals surface area contributed by atoms with Gasteiger partial charge in [0.25, 0.3) is 12.3 Å². The van der Waals surface area contributed by atoms with Crippen LogP contribution in [0.15, 0.2) is 66.9 Å². The van der Waals surface area contributed by atoms with Gasteiger partial charge in [-0.3, -0.25) is 4.79 Å². The summed E-state index contributed by atoms with van der Waals surface area (Å²) < 4.78 is 34.0. The van der Waals surface area contributed by atoms with E-state index in [0.717, 1.165) is 28.7 Å². The number of aromatic nitrogens is 3. The van der Waals surface area contributed by atoms with E-state index in [1.807, 2.05) is 42.5 Å². The molecular formula is C25H22F2N4O2. The Labute approximate surface area is 189 Å². The monoisotopic (exact) mass is 448 g/mol. The van der Waals surface area contributed by atoms with Crippen molar-refractivity contribution < 1.29 is 18.3 Å². The molecule has 1 aliphatic heterocycles. The number of rotatable bonds is 5. The molecule has 168 valence electrons. The lowest BCUT2D eigenvalue weighted by Crippen LogP contribution is -2.30. The first-order valence-electron chi connectivity index (χ1n) is 10.7. The maximum Gasteiger partial charge on any atom is 0.280 e. The van der Waals surface area contributed by atoms with Crippen LogP contribution in [0.4, 0.5) is 8.78 Å². The molecule has 8 heteroatoms. The smallest absolute Gasteiger partial charge is 0.280 e. The van der Waals surface area contributed by atoms with Crippen LogP contribution < -0.4 is 4.74 Å². The Balaban J connectivity index is 1.56. The van der Waals surface area contributed by atoms with Crippen molar-refractivity contribution in [3.05, 3.63) is 83.7 Å². The molecule has 2 aromatic carbocycles. The second-order valence-corrected chi connectivity index (χ2v) is 7.96. The molecule has 1 atom stereocenters. The first-order valence-corrected chi connectivity index (χ1v) is 10.7. The van der Waals surface area contributed by atoms with Crippen molar-refractivity contribution in [3.63, 3.8) is 0 Å². The maximum absolute atomic E-state index is 13.9. The number of likely N-dealkylation sites (tertiary alicyclic amines) is 1. The molecule has 33 heavy (non-hydrogen) atoms. The summed E-state index contributed by atoms with van der Waals surface area (Å²) in [5, 5.41) is 4.10. The average Bonchev–Trinajstić information content (AvgIpc) is 3.51. The maximum atomic E-state index is 13.9. The highest BCUT2D eigenvalue weighted by Crippen LogP contribution is 2.35. The molecule has 2 aromatic heterocycles. The number of halogens is 2. The molecule has 1 saturated heterocycles. The van der Waals surface area contributed by atoms with E-state index in [1.165, 1.54) is 12.3 Å².